The molecule has 0 aromatic heterocycles. The molecule has 2 rings (SSSR count). The minimum atomic E-state index is -5.53. The highest BCUT2D eigenvalue weighted by atomic mass is 19.4. The summed E-state index contributed by atoms with van der Waals surface area (Å²) in [6.45, 7) is -1.36. The van der Waals surface area contributed by atoms with Crippen LogP contribution in [0.3, 0.4) is 0 Å². The van der Waals surface area contributed by atoms with Crippen LogP contribution in [0.4, 0.5) is 26.3 Å². The summed E-state index contributed by atoms with van der Waals surface area (Å²) in [6, 6.07) is 0.0385. The summed E-state index contributed by atoms with van der Waals surface area (Å²) in [4.78, 5) is 0. The predicted octanol–water partition coefficient (Wildman–Crippen LogP) is 2.39. The Labute approximate surface area is 117 Å². The Hall–Kier alpha value is -0.540. The van der Waals surface area contributed by atoms with Gasteiger partial charge in [0.05, 0.1) is 18.8 Å². The van der Waals surface area contributed by atoms with E-state index in [4.69, 9.17) is 0 Å². The number of alkyl halides is 6. The van der Waals surface area contributed by atoms with Crippen molar-refractivity contribution in [2.45, 2.75) is 55.7 Å². The van der Waals surface area contributed by atoms with Crippen LogP contribution in [0.5, 0.6) is 0 Å². The quantitative estimate of drug-likeness (QED) is 0.708. The predicted molar refractivity (Wildman–Crippen MR) is 60.5 cm³/mol. The van der Waals surface area contributed by atoms with E-state index in [-0.39, 0.29) is 12.0 Å². The average Bonchev–Trinajstić information content (AvgIpc) is 3.17. The maximum absolute atomic E-state index is 12.5. The van der Waals surface area contributed by atoms with Crippen LogP contribution in [0.2, 0.25) is 0 Å². The van der Waals surface area contributed by atoms with Crippen LogP contribution in [0, 0.1) is 5.92 Å². The molecule has 1 unspecified atom stereocenters. The van der Waals surface area contributed by atoms with Crippen molar-refractivity contribution in [3.63, 3.8) is 0 Å². The molecule has 0 aromatic rings. The number of nitrogens with one attached hydrogen (secondary N) is 1. The first kappa shape index (κ1) is 16.8. The normalized spacial score (nSPS) is 23.4. The third-order valence-corrected chi connectivity index (χ3v) is 3.81. The van der Waals surface area contributed by atoms with E-state index in [2.05, 4.69) is 10.1 Å². The molecule has 2 fully saturated rings. The number of rotatable bonds is 7. The van der Waals surface area contributed by atoms with Crippen LogP contribution in [-0.4, -0.2) is 48.4 Å². The third-order valence-electron chi connectivity index (χ3n) is 3.81. The standard InChI is InChI=1S/C12H17F6NO2/c13-11(14,15)9(12(16,17)18)21-6-10(5-20,7-1-2-7)19-8-3-4-8/h7-9,19-20H,1-6H2. The van der Waals surface area contributed by atoms with Gasteiger partial charge in [-0.2, -0.15) is 26.3 Å². The van der Waals surface area contributed by atoms with Gasteiger partial charge in [0.25, 0.3) is 0 Å². The van der Waals surface area contributed by atoms with Crippen LogP contribution >= 0.6 is 0 Å². The van der Waals surface area contributed by atoms with E-state index >= 15 is 0 Å². The highest BCUT2D eigenvalue weighted by molar-refractivity contribution is 5.05. The van der Waals surface area contributed by atoms with Crippen molar-refractivity contribution in [2.24, 2.45) is 5.92 Å². The Bertz CT molecular complexity index is 350. The molecule has 3 nitrogen and oxygen atoms in total. The zero-order chi connectivity index (χ0) is 15.9. The Morgan fingerprint density at radius 2 is 1.52 bits per heavy atom. The molecule has 9 heteroatoms. The van der Waals surface area contributed by atoms with Crippen molar-refractivity contribution >= 4 is 0 Å². The fourth-order valence-electron chi connectivity index (χ4n) is 2.37. The van der Waals surface area contributed by atoms with E-state index < -0.39 is 37.2 Å². The lowest BCUT2D eigenvalue weighted by molar-refractivity contribution is -0.325. The van der Waals surface area contributed by atoms with Gasteiger partial charge in [-0.25, -0.2) is 0 Å². The van der Waals surface area contributed by atoms with Gasteiger partial charge in [0.2, 0.25) is 6.10 Å². The molecule has 2 aliphatic rings. The first-order valence-corrected chi connectivity index (χ1v) is 6.72. The number of ether oxygens (including phenoxy) is 1. The third kappa shape index (κ3) is 4.23. The molecular weight excluding hydrogens is 304 g/mol. The van der Waals surface area contributed by atoms with Crippen molar-refractivity contribution in [2.75, 3.05) is 13.2 Å². The SMILES string of the molecule is OCC(COC(C(F)(F)F)C(F)(F)F)(NC1CC1)C1CC1. The van der Waals surface area contributed by atoms with Gasteiger partial charge in [-0.3, -0.25) is 0 Å². The van der Waals surface area contributed by atoms with Crippen LogP contribution < -0.4 is 5.32 Å². The smallest absolute Gasteiger partial charge is 0.394 e. The molecule has 2 N–H and O–H groups in total. The number of halogens is 6. The Kier molecular flexibility index (Phi) is 4.47. The van der Waals surface area contributed by atoms with Crippen LogP contribution in [-0.2, 0) is 4.74 Å². The summed E-state index contributed by atoms with van der Waals surface area (Å²) in [7, 11) is 0. The van der Waals surface area contributed by atoms with Crippen molar-refractivity contribution in [1.82, 2.24) is 5.32 Å². The lowest BCUT2D eigenvalue weighted by atomic mass is 9.95. The number of hydrogen-bond acceptors (Lipinski definition) is 3. The van der Waals surface area contributed by atoms with Gasteiger partial charge in [-0.05, 0) is 31.6 Å². The van der Waals surface area contributed by atoms with Gasteiger partial charge >= 0.3 is 12.4 Å². The second-order valence-electron chi connectivity index (χ2n) is 5.78. The molecule has 0 radical (unpaired) electrons. The van der Waals surface area contributed by atoms with Gasteiger partial charge in [0.1, 0.15) is 0 Å². The minimum Gasteiger partial charge on any atom is -0.394 e. The summed E-state index contributed by atoms with van der Waals surface area (Å²) in [6.07, 6.45) is -12.0. The summed E-state index contributed by atoms with van der Waals surface area (Å²) in [5.74, 6) is -0.148. The van der Waals surface area contributed by atoms with Crippen LogP contribution in [0.1, 0.15) is 25.7 Å². The molecule has 2 saturated carbocycles. The summed E-state index contributed by atoms with van der Waals surface area (Å²) in [5.41, 5.74) is -1.21. The second kappa shape index (κ2) is 5.58. The van der Waals surface area contributed by atoms with Crippen molar-refractivity contribution in [3.05, 3.63) is 0 Å². The van der Waals surface area contributed by atoms with Crippen molar-refractivity contribution in [1.29, 1.82) is 0 Å². The molecule has 124 valence electrons. The lowest BCUT2D eigenvalue weighted by Gasteiger charge is -2.35. The molecule has 21 heavy (non-hydrogen) atoms. The van der Waals surface area contributed by atoms with Gasteiger partial charge in [0, 0.05) is 6.04 Å². The zero-order valence-corrected chi connectivity index (χ0v) is 11.1. The minimum absolute atomic E-state index is 0.0385. The number of aliphatic hydroxyl groups is 1. The molecule has 0 amide bonds. The summed E-state index contributed by atoms with van der Waals surface area (Å²) in [5, 5.41) is 12.4. The number of aliphatic hydroxyl groups excluding tert-OH is 1. The lowest BCUT2D eigenvalue weighted by Crippen LogP contribution is -2.57. The van der Waals surface area contributed by atoms with E-state index in [1.807, 2.05) is 0 Å². The molecule has 0 saturated heterocycles. The van der Waals surface area contributed by atoms with Crippen LogP contribution in [0.25, 0.3) is 0 Å². The highest BCUT2D eigenvalue weighted by Gasteiger charge is 2.59. The van der Waals surface area contributed by atoms with Gasteiger partial charge in [-0.15, -0.1) is 0 Å². The van der Waals surface area contributed by atoms with E-state index in [0.29, 0.717) is 12.8 Å². The maximum atomic E-state index is 12.5. The molecule has 0 spiro atoms. The second-order valence-corrected chi connectivity index (χ2v) is 5.78. The van der Waals surface area contributed by atoms with Crippen molar-refractivity contribution < 1.29 is 36.2 Å². The van der Waals surface area contributed by atoms with E-state index in [1.165, 1.54) is 0 Å². The number of hydrogen-bond donors (Lipinski definition) is 2. The van der Waals surface area contributed by atoms with Gasteiger partial charge in [0.15, 0.2) is 0 Å². The van der Waals surface area contributed by atoms with Crippen molar-refractivity contribution in [3.8, 4) is 0 Å². The fraction of sp³-hybridized carbons (Fsp3) is 1.00. The van der Waals surface area contributed by atoms with Gasteiger partial charge in [-0.1, -0.05) is 0 Å². The Morgan fingerprint density at radius 1 is 1.00 bits per heavy atom. The average molecular weight is 321 g/mol. The summed E-state index contributed by atoms with van der Waals surface area (Å²) < 4.78 is 78.9. The van der Waals surface area contributed by atoms with E-state index in [9.17, 15) is 31.4 Å². The maximum Gasteiger partial charge on any atom is 0.423 e. The topological polar surface area (TPSA) is 41.5 Å². The first-order chi connectivity index (χ1) is 9.58. The largest absolute Gasteiger partial charge is 0.423 e. The van der Waals surface area contributed by atoms with E-state index in [0.717, 1.165) is 12.8 Å². The molecule has 0 aliphatic heterocycles. The molecule has 0 aromatic carbocycles. The molecule has 1 atom stereocenters. The molecule has 0 bridgehead atoms. The van der Waals surface area contributed by atoms with E-state index in [1.54, 1.807) is 0 Å². The Morgan fingerprint density at radius 3 is 1.86 bits per heavy atom. The molecular formula is C12H17F6NO2. The molecule has 0 heterocycles. The van der Waals surface area contributed by atoms with Crippen LogP contribution in [0.15, 0.2) is 0 Å². The highest BCUT2D eigenvalue weighted by Crippen LogP contribution is 2.43. The zero-order valence-electron chi connectivity index (χ0n) is 11.1. The summed E-state index contributed by atoms with van der Waals surface area (Å²) >= 11 is 0. The Balaban J connectivity index is 2.05. The monoisotopic (exact) mass is 321 g/mol. The van der Waals surface area contributed by atoms with Gasteiger partial charge < -0.3 is 15.2 Å². The fourth-order valence-corrected chi connectivity index (χ4v) is 2.37. The first-order valence-electron chi connectivity index (χ1n) is 6.72. The molecule has 2 aliphatic carbocycles.